The molecule has 1 aliphatic rings. The van der Waals surface area contributed by atoms with Crippen LogP contribution in [-0.2, 0) is 10.0 Å². The monoisotopic (exact) mass is 297 g/mol. The minimum atomic E-state index is -3.44. The van der Waals surface area contributed by atoms with Crippen molar-refractivity contribution in [2.45, 2.75) is 37.5 Å². The molecule has 1 saturated carbocycles. The fraction of sp³-hybridized carbons (Fsp3) is 0.643. The number of nitrogens with one attached hydrogen (secondary N) is 2. The minimum absolute atomic E-state index is 0.223. The van der Waals surface area contributed by atoms with Gasteiger partial charge >= 0.3 is 0 Å². The van der Waals surface area contributed by atoms with Crippen LogP contribution in [0.5, 0.6) is 0 Å². The van der Waals surface area contributed by atoms with E-state index in [0.717, 1.165) is 18.8 Å². The Kier molecular flexibility index (Phi) is 4.99. The van der Waals surface area contributed by atoms with Crippen LogP contribution in [0.3, 0.4) is 0 Å². The van der Waals surface area contributed by atoms with Gasteiger partial charge in [0.25, 0.3) is 0 Å². The number of anilines is 1. The van der Waals surface area contributed by atoms with Crippen molar-refractivity contribution in [3.8, 4) is 0 Å². The molecule has 0 radical (unpaired) electrons. The van der Waals surface area contributed by atoms with Gasteiger partial charge in [-0.25, -0.2) is 18.1 Å². The molecule has 2 rings (SSSR count). The number of aromatic nitrogens is 1. The van der Waals surface area contributed by atoms with Crippen molar-refractivity contribution in [3.05, 3.63) is 18.3 Å². The first-order valence-corrected chi connectivity index (χ1v) is 8.63. The van der Waals surface area contributed by atoms with Gasteiger partial charge in [0.1, 0.15) is 10.7 Å². The number of nitrogens with zero attached hydrogens (tertiary/aromatic N) is 1. The van der Waals surface area contributed by atoms with Crippen molar-refractivity contribution < 1.29 is 8.42 Å². The van der Waals surface area contributed by atoms with Gasteiger partial charge in [0.2, 0.25) is 10.0 Å². The normalized spacial score (nSPS) is 23.5. The first-order valence-electron chi connectivity index (χ1n) is 7.14. The highest BCUT2D eigenvalue weighted by Gasteiger charge is 2.21. The van der Waals surface area contributed by atoms with Crippen LogP contribution in [0.4, 0.5) is 5.82 Å². The molecule has 0 aromatic carbocycles. The lowest BCUT2D eigenvalue weighted by molar-refractivity contribution is 0.290. The molecule has 0 atom stereocenters. The molecule has 0 unspecified atom stereocenters. The molecular formula is C14H23N3O2S. The maximum absolute atomic E-state index is 12.2. The summed E-state index contributed by atoms with van der Waals surface area (Å²) in [5, 5.41) is 2.87. The summed E-state index contributed by atoms with van der Waals surface area (Å²) < 4.78 is 27.0. The smallest absolute Gasteiger partial charge is 0.242 e. The summed E-state index contributed by atoms with van der Waals surface area (Å²) in [7, 11) is -1.69. The minimum Gasteiger partial charge on any atom is -0.373 e. The summed E-state index contributed by atoms with van der Waals surface area (Å²) in [6, 6.07) is 3.24. The third kappa shape index (κ3) is 3.93. The fourth-order valence-electron chi connectivity index (χ4n) is 2.53. The summed E-state index contributed by atoms with van der Waals surface area (Å²) in [5.41, 5.74) is 0. The Labute approximate surface area is 121 Å². The summed E-state index contributed by atoms with van der Waals surface area (Å²) in [6.45, 7) is 2.79. The molecule has 1 aromatic rings. The predicted octanol–water partition coefficient (Wildman–Crippen LogP) is 2.23. The van der Waals surface area contributed by atoms with E-state index in [9.17, 15) is 8.42 Å². The topological polar surface area (TPSA) is 71.1 Å². The van der Waals surface area contributed by atoms with E-state index >= 15 is 0 Å². The van der Waals surface area contributed by atoms with Crippen LogP contribution >= 0.6 is 0 Å². The molecule has 112 valence electrons. The van der Waals surface area contributed by atoms with Crippen LogP contribution in [0.25, 0.3) is 0 Å². The number of rotatable bonds is 5. The molecule has 0 spiro atoms. The molecule has 0 amide bonds. The van der Waals surface area contributed by atoms with Crippen LogP contribution in [0.2, 0.25) is 0 Å². The van der Waals surface area contributed by atoms with Gasteiger partial charge in [-0.05, 0) is 36.8 Å². The zero-order valence-electron chi connectivity index (χ0n) is 12.1. The maximum atomic E-state index is 12.2. The Hall–Kier alpha value is -1.14. The van der Waals surface area contributed by atoms with Crippen molar-refractivity contribution in [3.63, 3.8) is 0 Å². The Morgan fingerprint density at radius 1 is 1.25 bits per heavy atom. The molecule has 1 aromatic heterocycles. The Morgan fingerprint density at radius 2 is 1.95 bits per heavy atom. The molecule has 0 bridgehead atoms. The van der Waals surface area contributed by atoms with Gasteiger partial charge in [-0.1, -0.05) is 19.8 Å². The highest BCUT2D eigenvalue weighted by molar-refractivity contribution is 7.89. The van der Waals surface area contributed by atoms with E-state index in [0.29, 0.717) is 18.3 Å². The van der Waals surface area contributed by atoms with E-state index in [4.69, 9.17) is 0 Å². The fourth-order valence-corrected chi connectivity index (χ4v) is 3.59. The van der Waals surface area contributed by atoms with Gasteiger partial charge in [-0.2, -0.15) is 0 Å². The van der Waals surface area contributed by atoms with E-state index in [1.54, 1.807) is 19.2 Å². The van der Waals surface area contributed by atoms with Crippen molar-refractivity contribution >= 4 is 15.8 Å². The van der Waals surface area contributed by atoms with E-state index in [1.807, 2.05) is 0 Å². The van der Waals surface area contributed by atoms with Crippen LogP contribution in [0.15, 0.2) is 23.2 Å². The van der Waals surface area contributed by atoms with Crippen molar-refractivity contribution in [1.29, 1.82) is 0 Å². The van der Waals surface area contributed by atoms with Crippen LogP contribution in [0.1, 0.15) is 32.6 Å². The SMILES string of the molecule is CNc1ccc(S(=O)(=O)NCC2CCC(C)CC2)cn1. The molecule has 1 fully saturated rings. The van der Waals surface area contributed by atoms with Crippen LogP contribution < -0.4 is 10.0 Å². The molecular weight excluding hydrogens is 274 g/mol. The van der Waals surface area contributed by atoms with Crippen LogP contribution in [-0.4, -0.2) is 27.0 Å². The molecule has 6 heteroatoms. The zero-order chi connectivity index (χ0) is 14.6. The van der Waals surface area contributed by atoms with Crippen molar-refractivity contribution in [2.75, 3.05) is 18.9 Å². The standard InChI is InChI=1S/C14H23N3O2S/c1-11-3-5-12(6-4-11)9-17-20(18,19)13-7-8-14(15-2)16-10-13/h7-8,10-12,17H,3-6,9H2,1-2H3,(H,15,16). The molecule has 20 heavy (non-hydrogen) atoms. The summed E-state index contributed by atoms with van der Waals surface area (Å²) in [6.07, 6.45) is 6.01. The number of pyridine rings is 1. The van der Waals surface area contributed by atoms with E-state index in [2.05, 4.69) is 21.9 Å². The lowest BCUT2D eigenvalue weighted by Crippen LogP contribution is -2.31. The first kappa shape index (κ1) is 15.3. The van der Waals surface area contributed by atoms with Gasteiger partial charge in [0, 0.05) is 19.8 Å². The van der Waals surface area contributed by atoms with Gasteiger partial charge < -0.3 is 5.32 Å². The van der Waals surface area contributed by atoms with Gasteiger partial charge in [-0.15, -0.1) is 0 Å². The van der Waals surface area contributed by atoms with Crippen molar-refractivity contribution in [2.24, 2.45) is 11.8 Å². The summed E-state index contributed by atoms with van der Waals surface area (Å²) in [4.78, 5) is 4.26. The maximum Gasteiger partial charge on any atom is 0.242 e. The largest absolute Gasteiger partial charge is 0.373 e. The highest BCUT2D eigenvalue weighted by atomic mass is 32.2. The quantitative estimate of drug-likeness (QED) is 0.874. The van der Waals surface area contributed by atoms with Crippen molar-refractivity contribution in [1.82, 2.24) is 9.71 Å². The Bertz CT molecular complexity index is 520. The zero-order valence-corrected chi connectivity index (χ0v) is 12.9. The van der Waals surface area contributed by atoms with Crippen LogP contribution in [0, 0.1) is 11.8 Å². The lowest BCUT2D eigenvalue weighted by Gasteiger charge is -2.26. The second-order valence-electron chi connectivity index (χ2n) is 5.61. The second-order valence-corrected chi connectivity index (χ2v) is 7.37. The number of sulfonamides is 1. The van der Waals surface area contributed by atoms with Gasteiger partial charge in [-0.3, -0.25) is 0 Å². The number of hydrogen-bond donors (Lipinski definition) is 2. The van der Waals surface area contributed by atoms with E-state index in [1.165, 1.54) is 19.0 Å². The molecule has 0 saturated heterocycles. The lowest BCUT2D eigenvalue weighted by atomic mass is 9.83. The molecule has 2 N–H and O–H groups in total. The third-order valence-corrected chi connectivity index (χ3v) is 5.41. The van der Waals surface area contributed by atoms with E-state index in [-0.39, 0.29) is 4.90 Å². The molecule has 0 aliphatic heterocycles. The molecule has 1 aliphatic carbocycles. The first-order chi connectivity index (χ1) is 9.51. The van der Waals surface area contributed by atoms with Gasteiger partial charge in [0.05, 0.1) is 0 Å². The Morgan fingerprint density at radius 3 is 2.50 bits per heavy atom. The summed E-state index contributed by atoms with van der Waals surface area (Å²) in [5.74, 6) is 1.90. The molecule has 1 heterocycles. The predicted molar refractivity (Wildman–Crippen MR) is 80.1 cm³/mol. The molecule has 5 nitrogen and oxygen atoms in total. The second kappa shape index (κ2) is 6.54. The Balaban J connectivity index is 1.93. The summed E-state index contributed by atoms with van der Waals surface area (Å²) >= 11 is 0. The third-order valence-electron chi connectivity index (χ3n) is 4.00. The highest BCUT2D eigenvalue weighted by Crippen LogP contribution is 2.28. The van der Waals surface area contributed by atoms with E-state index < -0.39 is 10.0 Å². The average Bonchev–Trinajstić information content (AvgIpc) is 2.47. The number of hydrogen-bond acceptors (Lipinski definition) is 4. The van der Waals surface area contributed by atoms with Gasteiger partial charge in [0.15, 0.2) is 0 Å². The average molecular weight is 297 g/mol.